The Kier molecular flexibility index (Phi) is 8.12. The first-order chi connectivity index (χ1) is 7.97. The van der Waals surface area contributed by atoms with Gasteiger partial charge >= 0.3 is 5.97 Å². The van der Waals surface area contributed by atoms with Crippen LogP contribution in [-0.2, 0) is 9.53 Å². The van der Waals surface area contributed by atoms with Crippen molar-refractivity contribution in [3.8, 4) is 0 Å². The average molecular weight is 248 g/mol. The van der Waals surface area contributed by atoms with Gasteiger partial charge < -0.3 is 20.1 Å². The molecule has 5 nitrogen and oxygen atoms in total. The highest BCUT2D eigenvalue weighted by molar-refractivity contribution is 5.69. The predicted octanol–water partition coefficient (Wildman–Crippen LogP) is 0.462. The number of hydrogen-bond acceptors (Lipinski definition) is 5. The van der Waals surface area contributed by atoms with E-state index in [1.54, 1.807) is 6.92 Å². The van der Waals surface area contributed by atoms with Crippen LogP contribution in [0.5, 0.6) is 0 Å². The largest absolute Gasteiger partial charge is 0.465 e. The molecule has 5 heteroatoms. The maximum atomic E-state index is 11.3. The number of carbonyl (C=O) groups excluding carboxylic acids is 1. The first kappa shape index (κ1) is 16.4. The van der Waals surface area contributed by atoms with Gasteiger partial charge in [-0.1, -0.05) is 13.8 Å². The van der Waals surface area contributed by atoms with Crippen LogP contribution in [0.2, 0.25) is 0 Å². The molecule has 17 heavy (non-hydrogen) atoms. The van der Waals surface area contributed by atoms with Crippen molar-refractivity contribution >= 4 is 5.97 Å². The molecular formula is C12H24O5. The molecule has 102 valence electrons. The number of aliphatic hydroxyl groups excluding tert-OH is 3. The van der Waals surface area contributed by atoms with Crippen molar-refractivity contribution in [3.05, 3.63) is 0 Å². The fourth-order valence-electron chi connectivity index (χ4n) is 1.15. The van der Waals surface area contributed by atoms with Crippen LogP contribution < -0.4 is 0 Å². The number of rotatable bonds is 9. The van der Waals surface area contributed by atoms with Crippen LogP contribution in [0, 0.1) is 5.41 Å². The van der Waals surface area contributed by atoms with E-state index in [1.165, 1.54) is 0 Å². The minimum Gasteiger partial charge on any atom is -0.465 e. The van der Waals surface area contributed by atoms with Crippen LogP contribution in [0.3, 0.4) is 0 Å². The summed E-state index contributed by atoms with van der Waals surface area (Å²) in [5, 5.41) is 27.3. The molecule has 0 aromatic heterocycles. The minimum absolute atomic E-state index is 0.00909. The maximum Gasteiger partial charge on any atom is 0.305 e. The maximum absolute atomic E-state index is 11.3. The molecule has 0 aromatic carbocycles. The SMILES string of the molecule is CCC(O)CCCC(=O)OCC(C)(CO)CO. The van der Waals surface area contributed by atoms with Crippen molar-refractivity contribution in [2.75, 3.05) is 19.8 Å². The quantitative estimate of drug-likeness (QED) is 0.516. The average Bonchev–Trinajstić information content (AvgIpc) is 2.35. The minimum atomic E-state index is -0.779. The van der Waals surface area contributed by atoms with E-state index >= 15 is 0 Å². The Morgan fingerprint density at radius 3 is 2.41 bits per heavy atom. The second-order valence-corrected chi connectivity index (χ2v) is 4.74. The number of esters is 1. The molecule has 0 aliphatic heterocycles. The molecule has 1 unspecified atom stereocenters. The summed E-state index contributed by atoms with van der Waals surface area (Å²) in [6.45, 7) is 3.07. The van der Waals surface area contributed by atoms with Gasteiger partial charge in [0.2, 0.25) is 0 Å². The number of hydrogen-bond donors (Lipinski definition) is 3. The van der Waals surface area contributed by atoms with Gasteiger partial charge in [0.05, 0.1) is 19.3 Å². The van der Waals surface area contributed by atoms with Crippen LogP contribution in [0.1, 0.15) is 39.5 Å². The van der Waals surface area contributed by atoms with Crippen molar-refractivity contribution < 1.29 is 24.9 Å². The van der Waals surface area contributed by atoms with Gasteiger partial charge in [-0.3, -0.25) is 4.79 Å². The van der Waals surface area contributed by atoms with E-state index in [1.807, 2.05) is 6.92 Å². The summed E-state index contributed by atoms with van der Waals surface area (Å²) in [5.74, 6) is -0.360. The molecular weight excluding hydrogens is 224 g/mol. The standard InChI is InChI=1S/C12H24O5/c1-3-10(15)5-4-6-11(16)17-9-12(2,7-13)8-14/h10,13-15H,3-9H2,1-2H3. The zero-order chi connectivity index (χ0) is 13.3. The van der Waals surface area contributed by atoms with Gasteiger partial charge in [-0.15, -0.1) is 0 Å². The molecule has 0 aliphatic carbocycles. The lowest BCUT2D eigenvalue weighted by Gasteiger charge is -2.23. The van der Waals surface area contributed by atoms with Crippen LogP contribution in [0.25, 0.3) is 0 Å². The molecule has 3 N–H and O–H groups in total. The zero-order valence-electron chi connectivity index (χ0n) is 10.7. The topological polar surface area (TPSA) is 87.0 Å². The summed E-state index contributed by atoms with van der Waals surface area (Å²) < 4.78 is 4.96. The van der Waals surface area contributed by atoms with Gasteiger partial charge in [0.15, 0.2) is 0 Å². The Bertz CT molecular complexity index is 213. The second kappa shape index (κ2) is 8.44. The molecule has 0 bridgehead atoms. The number of ether oxygens (including phenoxy) is 1. The Hall–Kier alpha value is -0.650. The van der Waals surface area contributed by atoms with Gasteiger partial charge in [-0.25, -0.2) is 0 Å². The molecule has 0 heterocycles. The highest BCUT2D eigenvalue weighted by atomic mass is 16.5. The zero-order valence-corrected chi connectivity index (χ0v) is 10.7. The van der Waals surface area contributed by atoms with Crippen LogP contribution in [-0.4, -0.2) is 47.2 Å². The fraction of sp³-hybridized carbons (Fsp3) is 0.917. The van der Waals surface area contributed by atoms with Gasteiger partial charge in [-0.05, 0) is 19.3 Å². The summed E-state index contributed by atoms with van der Waals surface area (Å²) in [6.07, 6.45) is 1.75. The molecule has 0 rings (SSSR count). The Morgan fingerprint density at radius 2 is 1.94 bits per heavy atom. The highest BCUT2D eigenvalue weighted by Gasteiger charge is 2.24. The van der Waals surface area contributed by atoms with Crippen LogP contribution in [0.4, 0.5) is 0 Å². The van der Waals surface area contributed by atoms with Crippen LogP contribution >= 0.6 is 0 Å². The lowest BCUT2D eigenvalue weighted by atomic mass is 9.94. The molecule has 0 saturated heterocycles. The third-order valence-corrected chi connectivity index (χ3v) is 2.73. The van der Waals surface area contributed by atoms with E-state index in [4.69, 9.17) is 14.9 Å². The van der Waals surface area contributed by atoms with Crippen molar-refractivity contribution in [1.29, 1.82) is 0 Å². The second-order valence-electron chi connectivity index (χ2n) is 4.74. The van der Waals surface area contributed by atoms with E-state index in [0.29, 0.717) is 19.3 Å². The normalized spacial score (nSPS) is 13.5. The monoisotopic (exact) mass is 248 g/mol. The molecule has 0 aliphatic rings. The van der Waals surface area contributed by atoms with E-state index in [-0.39, 0.29) is 38.3 Å². The summed E-state index contributed by atoms with van der Waals surface area (Å²) >= 11 is 0. The van der Waals surface area contributed by atoms with Crippen molar-refractivity contribution in [3.63, 3.8) is 0 Å². The Labute approximate surface area is 102 Å². The molecule has 0 radical (unpaired) electrons. The van der Waals surface area contributed by atoms with E-state index in [9.17, 15) is 9.90 Å². The molecule has 1 atom stereocenters. The fourth-order valence-corrected chi connectivity index (χ4v) is 1.15. The van der Waals surface area contributed by atoms with Crippen molar-refractivity contribution in [1.82, 2.24) is 0 Å². The first-order valence-electron chi connectivity index (χ1n) is 6.03. The molecule has 0 saturated carbocycles. The molecule has 0 fully saturated rings. The van der Waals surface area contributed by atoms with Gasteiger partial charge in [0, 0.05) is 11.8 Å². The smallest absolute Gasteiger partial charge is 0.305 e. The van der Waals surface area contributed by atoms with Crippen LogP contribution in [0.15, 0.2) is 0 Å². The Morgan fingerprint density at radius 1 is 1.35 bits per heavy atom. The first-order valence-corrected chi connectivity index (χ1v) is 6.03. The summed E-state index contributed by atoms with van der Waals surface area (Å²) in [5.41, 5.74) is -0.779. The van der Waals surface area contributed by atoms with Gasteiger partial charge in [-0.2, -0.15) is 0 Å². The Balaban J connectivity index is 3.73. The number of carbonyl (C=O) groups is 1. The third kappa shape index (κ3) is 7.31. The highest BCUT2D eigenvalue weighted by Crippen LogP contribution is 2.15. The van der Waals surface area contributed by atoms with Crippen molar-refractivity contribution in [2.24, 2.45) is 5.41 Å². The van der Waals surface area contributed by atoms with E-state index < -0.39 is 5.41 Å². The van der Waals surface area contributed by atoms with Gasteiger partial charge in [0.1, 0.15) is 6.61 Å². The number of aliphatic hydroxyl groups is 3. The van der Waals surface area contributed by atoms with Crippen molar-refractivity contribution in [2.45, 2.75) is 45.6 Å². The summed E-state index contributed by atoms with van der Waals surface area (Å²) in [7, 11) is 0. The molecule has 0 aromatic rings. The summed E-state index contributed by atoms with van der Waals surface area (Å²) in [6, 6.07) is 0. The molecule has 0 spiro atoms. The predicted molar refractivity (Wildman–Crippen MR) is 63.4 cm³/mol. The lowest BCUT2D eigenvalue weighted by Crippen LogP contribution is -2.32. The third-order valence-electron chi connectivity index (χ3n) is 2.73. The molecule has 0 amide bonds. The van der Waals surface area contributed by atoms with Gasteiger partial charge in [0.25, 0.3) is 0 Å². The summed E-state index contributed by atoms with van der Waals surface area (Å²) in [4.78, 5) is 11.3. The lowest BCUT2D eigenvalue weighted by molar-refractivity contribution is -0.149. The van der Waals surface area contributed by atoms with E-state index in [0.717, 1.165) is 0 Å². The van der Waals surface area contributed by atoms with E-state index in [2.05, 4.69) is 0 Å².